The Bertz CT molecular complexity index is 1020. The first-order valence-electron chi connectivity index (χ1n) is 10.1. The highest BCUT2D eigenvalue weighted by atomic mass is 32.2. The largest absolute Gasteiger partial charge is 0.416 e. The fourth-order valence-corrected chi connectivity index (χ4v) is 5.84. The Morgan fingerprint density at radius 2 is 2.06 bits per heavy atom. The molecular formula is C20H25F3N4O3S. The van der Waals surface area contributed by atoms with Crippen LogP contribution in [0, 0.1) is 11.8 Å². The van der Waals surface area contributed by atoms with E-state index in [0.717, 1.165) is 25.0 Å². The zero-order chi connectivity index (χ0) is 22.2. The summed E-state index contributed by atoms with van der Waals surface area (Å²) in [7, 11) is -2.11. The first-order chi connectivity index (χ1) is 14.6. The van der Waals surface area contributed by atoms with E-state index in [1.54, 1.807) is 17.7 Å². The molecule has 0 radical (unpaired) electrons. The number of benzene rings is 1. The van der Waals surface area contributed by atoms with Crippen LogP contribution in [0.1, 0.15) is 18.4 Å². The van der Waals surface area contributed by atoms with Gasteiger partial charge >= 0.3 is 6.18 Å². The zero-order valence-corrected chi connectivity index (χ0v) is 17.9. The summed E-state index contributed by atoms with van der Waals surface area (Å²) in [6.07, 6.45) is 0.196. The number of hydrogen-bond acceptors (Lipinski definition) is 5. The third-order valence-electron chi connectivity index (χ3n) is 5.96. The number of nitrogens with one attached hydrogen (secondary N) is 1. The van der Waals surface area contributed by atoms with Crippen molar-refractivity contribution in [1.82, 2.24) is 13.9 Å². The Morgan fingerprint density at radius 3 is 2.71 bits per heavy atom. The number of aromatic nitrogens is 2. The van der Waals surface area contributed by atoms with Crippen molar-refractivity contribution in [1.29, 1.82) is 0 Å². The molecule has 0 bridgehead atoms. The van der Waals surface area contributed by atoms with Gasteiger partial charge in [-0.05, 0) is 42.9 Å². The molecule has 3 heterocycles. The van der Waals surface area contributed by atoms with Gasteiger partial charge < -0.3 is 14.6 Å². The molecule has 0 spiro atoms. The molecule has 1 unspecified atom stereocenters. The molecule has 2 saturated heterocycles. The molecule has 11 heteroatoms. The summed E-state index contributed by atoms with van der Waals surface area (Å²) in [5.41, 5.74) is -0.426. The molecule has 2 fully saturated rings. The van der Waals surface area contributed by atoms with Gasteiger partial charge in [0.15, 0.2) is 5.03 Å². The van der Waals surface area contributed by atoms with Gasteiger partial charge in [-0.3, -0.25) is 0 Å². The molecule has 7 nitrogen and oxygen atoms in total. The summed E-state index contributed by atoms with van der Waals surface area (Å²) < 4.78 is 74.1. The number of sulfonamides is 1. The van der Waals surface area contributed by atoms with Gasteiger partial charge in [-0.25, -0.2) is 13.4 Å². The van der Waals surface area contributed by atoms with Crippen LogP contribution in [0.25, 0.3) is 0 Å². The number of imidazole rings is 1. The molecule has 1 aromatic heterocycles. The van der Waals surface area contributed by atoms with E-state index in [1.165, 1.54) is 22.9 Å². The number of anilines is 1. The van der Waals surface area contributed by atoms with E-state index in [2.05, 4.69) is 10.3 Å². The van der Waals surface area contributed by atoms with Crippen molar-refractivity contribution in [2.45, 2.75) is 30.1 Å². The zero-order valence-electron chi connectivity index (χ0n) is 17.0. The van der Waals surface area contributed by atoms with Crippen LogP contribution in [-0.2, 0) is 28.0 Å². The van der Waals surface area contributed by atoms with E-state index < -0.39 is 21.8 Å². The quantitative estimate of drug-likeness (QED) is 0.746. The molecule has 4 rings (SSSR count). The highest BCUT2D eigenvalue weighted by Gasteiger charge is 2.44. The van der Waals surface area contributed by atoms with Crippen molar-refractivity contribution >= 4 is 15.7 Å². The van der Waals surface area contributed by atoms with Gasteiger partial charge in [-0.15, -0.1) is 0 Å². The van der Waals surface area contributed by atoms with Gasteiger partial charge in [0.2, 0.25) is 0 Å². The van der Waals surface area contributed by atoms with Crippen LogP contribution in [0.4, 0.5) is 18.9 Å². The fraction of sp³-hybridized carbons (Fsp3) is 0.550. The van der Waals surface area contributed by atoms with Crippen LogP contribution >= 0.6 is 0 Å². The molecule has 1 aromatic carbocycles. The maximum atomic E-state index is 13.1. The molecule has 2 aliphatic rings. The van der Waals surface area contributed by atoms with Crippen LogP contribution in [0.5, 0.6) is 0 Å². The van der Waals surface area contributed by atoms with E-state index >= 15 is 0 Å². The molecule has 1 N–H and O–H groups in total. The lowest BCUT2D eigenvalue weighted by Crippen LogP contribution is -2.36. The second kappa shape index (κ2) is 8.44. The molecule has 3 atom stereocenters. The third-order valence-corrected chi connectivity index (χ3v) is 7.68. The monoisotopic (exact) mass is 458 g/mol. The van der Waals surface area contributed by atoms with Crippen LogP contribution in [-0.4, -0.2) is 54.6 Å². The predicted octanol–water partition coefficient (Wildman–Crippen LogP) is 2.97. The molecule has 0 amide bonds. The molecule has 2 aromatic rings. The standard InChI is InChI=1S/C20H25F3N4O3S/c1-26-11-19(24-13-26)31(28,29)27-9-17(14-4-3-7-30-12-14)18(10-27)25-16-6-2-5-15(8-16)20(21,22)23/h2,5-6,8,11,13-14,17-18,25H,3-4,7,9-10,12H2,1H3/t14?,17-,18+/m1/s1. The Labute approximate surface area is 179 Å². The minimum atomic E-state index is -4.45. The molecular weight excluding hydrogens is 433 g/mol. The highest BCUT2D eigenvalue weighted by molar-refractivity contribution is 7.89. The van der Waals surface area contributed by atoms with Gasteiger partial charge in [0.1, 0.15) is 0 Å². The van der Waals surface area contributed by atoms with Crippen molar-refractivity contribution in [3.63, 3.8) is 0 Å². The van der Waals surface area contributed by atoms with E-state index in [1.807, 2.05) is 0 Å². The SMILES string of the molecule is Cn1cnc(S(=O)(=O)N2C[C@H](Nc3cccc(C(F)(F)F)c3)[C@@H](C3CCCOC3)C2)c1. The number of nitrogens with zero attached hydrogens (tertiary/aromatic N) is 3. The average molecular weight is 459 g/mol. The molecule has 0 aliphatic carbocycles. The number of halogens is 3. The van der Waals surface area contributed by atoms with Gasteiger partial charge in [-0.1, -0.05) is 6.07 Å². The van der Waals surface area contributed by atoms with Crippen LogP contribution < -0.4 is 5.32 Å². The van der Waals surface area contributed by atoms with Crippen molar-refractivity contribution < 1.29 is 26.3 Å². The molecule has 2 aliphatic heterocycles. The molecule has 170 valence electrons. The minimum absolute atomic E-state index is 0.0339. The number of aryl methyl sites for hydroxylation is 1. The second-order valence-corrected chi connectivity index (χ2v) is 10.1. The first-order valence-corrected chi connectivity index (χ1v) is 11.6. The predicted molar refractivity (Wildman–Crippen MR) is 108 cm³/mol. The van der Waals surface area contributed by atoms with E-state index in [9.17, 15) is 21.6 Å². The van der Waals surface area contributed by atoms with Gasteiger partial charge in [0, 0.05) is 51.3 Å². The van der Waals surface area contributed by atoms with E-state index in [0.29, 0.717) is 18.9 Å². The molecule has 0 saturated carbocycles. The van der Waals surface area contributed by atoms with Crippen molar-refractivity contribution in [2.75, 3.05) is 31.6 Å². The lowest BCUT2D eigenvalue weighted by molar-refractivity contribution is -0.137. The van der Waals surface area contributed by atoms with Crippen molar-refractivity contribution in [3.05, 3.63) is 42.4 Å². The normalized spacial score (nSPS) is 25.6. The summed E-state index contributed by atoms with van der Waals surface area (Å²) in [4.78, 5) is 3.98. The fourth-order valence-electron chi connectivity index (χ4n) is 4.38. The maximum absolute atomic E-state index is 13.1. The van der Waals surface area contributed by atoms with Gasteiger partial charge in [-0.2, -0.15) is 17.5 Å². The van der Waals surface area contributed by atoms with Gasteiger partial charge in [0.05, 0.1) is 11.9 Å². The minimum Gasteiger partial charge on any atom is -0.381 e. The average Bonchev–Trinajstić information content (AvgIpc) is 3.36. The van der Waals surface area contributed by atoms with Crippen molar-refractivity contribution in [3.8, 4) is 0 Å². The Hall–Kier alpha value is -2.11. The van der Waals surface area contributed by atoms with Crippen molar-refractivity contribution in [2.24, 2.45) is 18.9 Å². The van der Waals surface area contributed by atoms with Crippen LogP contribution in [0.2, 0.25) is 0 Å². The summed E-state index contributed by atoms with van der Waals surface area (Å²) in [5, 5.41) is 3.14. The lowest BCUT2D eigenvalue weighted by Gasteiger charge is -2.31. The van der Waals surface area contributed by atoms with E-state index in [-0.39, 0.29) is 36.0 Å². The van der Waals surface area contributed by atoms with Crippen LogP contribution in [0.3, 0.4) is 0 Å². The third kappa shape index (κ3) is 4.73. The summed E-state index contributed by atoms with van der Waals surface area (Å²) in [6, 6.07) is 4.66. The summed E-state index contributed by atoms with van der Waals surface area (Å²) in [6.45, 7) is 1.60. The van der Waals surface area contributed by atoms with Gasteiger partial charge in [0.25, 0.3) is 10.0 Å². The smallest absolute Gasteiger partial charge is 0.381 e. The number of alkyl halides is 3. The molecule has 31 heavy (non-hydrogen) atoms. The Morgan fingerprint density at radius 1 is 1.26 bits per heavy atom. The summed E-state index contributed by atoms with van der Waals surface area (Å²) in [5.74, 6) is 0.0364. The lowest BCUT2D eigenvalue weighted by atomic mass is 9.84. The first kappa shape index (κ1) is 22.1. The van der Waals surface area contributed by atoms with E-state index in [4.69, 9.17) is 4.74 Å². The number of rotatable bonds is 5. The Kier molecular flexibility index (Phi) is 6.01. The Balaban J connectivity index is 1.59. The van der Waals surface area contributed by atoms with Crippen LogP contribution in [0.15, 0.2) is 41.8 Å². The highest BCUT2D eigenvalue weighted by Crippen LogP contribution is 2.36. The number of hydrogen-bond donors (Lipinski definition) is 1. The second-order valence-electron chi connectivity index (χ2n) is 8.17. The maximum Gasteiger partial charge on any atom is 0.416 e. The number of ether oxygens (including phenoxy) is 1. The topological polar surface area (TPSA) is 76.5 Å². The summed E-state index contributed by atoms with van der Waals surface area (Å²) >= 11 is 0.